The Labute approximate surface area is 151 Å². The maximum Gasteiger partial charge on any atom is 0.335 e. The molecule has 0 bridgehead atoms. The number of carbonyl (C=O) groups is 1. The van der Waals surface area contributed by atoms with E-state index >= 15 is 0 Å². The number of hydrogen-bond acceptors (Lipinski definition) is 3. The molecule has 1 aliphatic carbocycles. The Morgan fingerprint density at radius 1 is 1.38 bits per heavy atom. The van der Waals surface area contributed by atoms with E-state index in [0.29, 0.717) is 18.4 Å². The molecule has 0 saturated carbocycles. The Balaban J connectivity index is 1.64. The third-order valence-electron chi connectivity index (χ3n) is 4.90. The van der Waals surface area contributed by atoms with Crippen LogP contribution in [-0.2, 0) is 4.84 Å². The molecule has 3 N–H and O–H groups in total. The molecule has 6 nitrogen and oxygen atoms in total. The molecular formula is C20H21N3O3. The number of allylic oxidation sites excluding steroid dienone is 3. The first-order valence-electron chi connectivity index (χ1n) is 8.80. The van der Waals surface area contributed by atoms with Gasteiger partial charge < -0.3 is 20.2 Å². The minimum atomic E-state index is -0.921. The molecule has 6 heteroatoms. The predicted molar refractivity (Wildman–Crippen MR) is 101 cm³/mol. The maximum atomic E-state index is 11.3. The number of rotatable bonds is 4. The molecule has 0 amide bonds. The van der Waals surface area contributed by atoms with E-state index in [4.69, 9.17) is 4.84 Å². The van der Waals surface area contributed by atoms with Gasteiger partial charge in [-0.25, -0.2) is 4.79 Å². The smallest absolute Gasteiger partial charge is 0.335 e. The van der Waals surface area contributed by atoms with Gasteiger partial charge in [-0.2, -0.15) is 0 Å². The summed E-state index contributed by atoms with van der Waals surface area (Å²) in [6, 6.07) is 5.15. The van der Waals surface area contributed by atoms with Crippen molar-refractivity contribution < 1.29 is 14.7 Å². The van der Waals surface area contributed by atoms with E-state index in [2.05, 4.69) is 34.5 Å². The Morgan fingerprint density at radius 3 is 3.04 bits per heavy atom. The van der Waals surface area contributed by atoms with Crippen LogP contribution in [0.5, 0.6) is 0 Å². The molecule has 0 saturated heterocycles. The molecular weight excluding hydrogens is 330 g/mol. The van der Waals surface area contributed by atoms with Crippen LogP contribution < -0.4 is 5.32 Å². The largest absolute Gasteiger partial charge is 0.478 e. The highest BCUT2D eigenvalue weighted by Gasteiger charge is 2.26. The number of oxime groups is 1. The number of nitrogens with zero attached hydrogens (tertiary/aromatic N) is 1. The maximum absolute atomic E-state index is 11.3. The molecule has 0 fully saturated rings. The van der Waals surface area contributed by atoms with Crippen LogP contribution in [0.4, 0.5) is 0 Å². The third-order valence-corrected chi connectivity index (χ3v) is 4.90. The van der Waals surface area contributed by atoms with E-state index in [1.165, 1.54) is 0 Å². The number of aromatic amines is 1. The first-order valence-corrected chi connectivity index (χ1v) is 8.80. The lowest BCUT2D eigenvalue weighted by Crippen LogP contribution is -2.35. The molecule has 134 valence electrons. The number of benzene rings is 1. The zero-order valence-electron chi connectivity index (χ0n) is 14.5. The fourth-order valence-corrected chi connectivity index (χ4v) is 3.52. The van der Waals surface area contributed by atoms with Gasteiger partial charge in [0.25, 0.3) is 0 Å². The Hall–Kier alpha value is -3.02. The Bertz CT molecular complexity index is 939. The lowest BCUT2D eigenvalue weighted by molar-refractivity contribution is 0.0697. The molecule has 4 rings (SSSR count). The third kappa shape index (κ3) is 2.98. The van der Waals surface area contributed by atoms with Crippen LogP contribution >= 0.6 is 0 Å². The van der Waals surface area contributed by atoms with Crippen molar-refractivity contribution in [2.24, 2.45) is 11.1 Å². The van der Waals surface area contributed by atoms with Gasteiger partial charge in [-0.3, -0.25) is 0 Å². The van der Waals surface area contributed by atoms with Gasteiger partial charge in [0.2, 0.25) is 0 Å². The molecule has 26 heavy (non-hydrogen) atoms. The Kier molecular flexibility index (Phi) is 4.24. The quantitative estimate of drug-likeness (QED) is 0.737. The van der Waals surface area contributed by atoms with Crippen molar-refractivity contribution >= 4 is 22.7 Å². The molecule has 1 aliphatic heterocycles. The molecule has 1 aromatic heterocycles. The second-order valence-corrected chi connectivity index (χ2v) is 6.81. The average Bonchev–Trinajstić information content (AvgIpc) is 3.04. The molecule has 1 aromatic carbocycles. The number of aromatic nitrogens is 1. The summed E-state index contributed by atoms with van der Waals surface area (Å²) in [6.07, 6.45) is 9.27. The number of H-pyrrole nitrogens is 1. The summed E-state index contributed by atoms with van der Waals surface area (Å²) in [5.74, 6) is 0.331. The van der Waals surface area contributed by atoms with Crippen molar-refractivity contribution in [2.45, 2.75) is 19.3 Å². The standard InChI is InChI=1S/C20H21N3O3/c1-12-10-21-19(23-26-11-13-5-3-2-4-6-13)18-17(12)15-9-14(20(24)25)7-8-16(15)22-18/h2-5,7-9,12-13,22H,6,10-11H2,1H3,(H,21,23)(H,24,25). The van der Waals surface area contributed by atoms with Crippen molar-refractivity contribution in [3.05, 3.63) is 59.3 Å². The molecule has 2 aliphatic rings. The summed E-state index contributed by atoms with van der Waals surface area (Å²) in [7, 11) is 0. The highest BCUT2D eigenvalue weighted by molar-refractivity contribution is 6.06. The van der Waals surface area contributed by atoms with Crippen molar-refractivity contribution in [3.8, 4) is 0 Å². The highest BCUT2D eigenvalue weighted by atomic mass is 16.6. The second-order valence-electron chi connectivity index (χ2n) is 6.81. The van der Waals surface area contributed by atoms with E-state index in [1.54, 1.807) is 12.1 Å². The van der Waals surface area contributed by atoms with E-state index in [0.717, 1.165) is 35.1 Å². The van der Waals surface area contributed by atoms with Crippen molar-refractivity contribution in [1.82, 2.24) is 10.3 Å². The summed E-state index contributed by atoms with van der Waals surface area (Å²) in [6.45, 7) is 3.37. The molecule has 0 spiro atoms. The van der Waals surface area contributed by atoms with E-state index in [1.807, 2.05) is 18.2 Å². The van der Waals surface area contributed by atoms with Gasteiger partial charge in [-0.1, -0.05) is 36.4 Å². The number of hydrogen-bond donors (Lipinski definition) is 3. The summed E-state index contributed by atoms with van der Waals surface area (Å²) in [5, 5.41) is 17.8. The predicted octanol–water partition coefficient (Wildman–Crippen LogP) is 3.38. The van der Waals surface area contributed by atoms with Gasteiger partial charge in [0.05, 0.1) is 11.3 Å². The van der Waals surface area contributed by atoms with Crippen LogP contribution in [0.2, 0.25) is 0 Å². The van der Waals surface area contributed by atoms with E-state index in [-0.39, 0.29) is 11.5 Å². The summed E-state index contributed by atoms with van der Waals surface area (Å²) in [5.41, 5.74) is 3.16. The van der Waals surface area contributed by atoms with Crippen LogP contribution in [0.15, 0.2) is 47.7 Å². The highest BCUT2D eigenvalue weighted by Crippen LogP contribution is 2.32. The number of carboxylic acids is 1. The van der Waals surface area contributed by atoms with Crippen molar-refractivity contribution in [2.75, 3.05) is 13.2 Å². The van der Waals surface area contributed by atoms with Crippen LogP contribution in [-0.4, -0.2) is 35.0 Å². The fourth-order valence-electron chi connectivity index (χ4n) is 3.52. The first-order chi connectivity index (χ1) is 12.6. The zero-order chi connectivity index (χ0) is 18.1. The van der Waals surface area contributed by atoms with Gasteiger partial charge in [-0.05, 0) is 30.2 Å². The van der Waals surface area contributed by atoms with Crippen LogP contribution in [0.25, 0.3) is 10.9 Å². The molecule has 2 aromatic rings. The topological polar surface area (TPSA) is 86.7 Å². The molecule has 2 atom stereocenters. The van der Waals surface area contributed by atoms with Gasteiger partial charge in [0.1, 0.15) is 6.61 Å². The van der Waals surface area contributed by atoms with Crippen LogP contribution in [0.3, 0.4) is 0 Å². The van der Waals surface area contributed by atoms with Gasteiger partial charge in [0, 0.05) is 29.3 Å². The average molecular weight is 351 g/mol. The number of carboxylic acid groups (broad SMARTS) is 1. The minimum absolute atomic E-state index is 0.244. The van der Waals surface area contributed by atoms with E-state index < -0.39 is 5.97 Å². The SMILES string of the molecule is CC1CN/C(=N\OCC2C=CC=CC2)c2[nH]c3ccc(C(=O)O)cc3c21. The zero-order valence-corrected chi connectivity index (χ0v) is 14.5. The lowest BCUT2D eigenvalue weighted by atomic mass is 9.93. The first kappa shape index (κ1) is 16.4. The minimum Gasteiger partial charge on any atom is -0.478 e. The summed E-state index contributed by atoms with van der Waals surface area (Å²) < 4.78 is 0. The van der Waals surface area contributed by atoms with Crippen LogP contribution in [0, 0.1) is 5.92 Å². The normalized spacial score (nSPS) is 23.0. The molecule has 2 unspecified atom stereocenters. The van der Waals surface area contributed by atoms with Crippen molar-refractivity contribution in [3.63, 3.8) is 0 Å². The monoisotopic (exact) mass is 351 g/mol. The number of amidine groups is 1. The number of fused-ring (bicyclic) bond motifs is 3. The van der Waals surface area contributed by atoms with Gasteiger partial charge in [-0.15, -0.1) is 0 Å². The van der Waals surface area contributed by atoms with Gasteiger partial charge >= 0.3 is 5.97 Å². The summed E-state index contributed by atoms with van der Waals surface area (Å²) >= 11 is 0. The Morgan fingerprint density at radius 2 is 2.27 bits per heavy atom. The number of nitrogens with one attached hydrogen (secondary N) is 2. The summed E-state index contributed by atoms with van der Waals surface area (Å²) in [4.78, 5) is 20.2. The fraction of sp³-hybridized carbons (Fsp3) is 0.300. The van der Waals surface area contributed by atoms with Crippen molar-refractivity contribution in [1.29, 1.82) is 0 Å². The van der Waals surface area contributed by atoms with E-state index in [9.17, 15) is 9.90 Å². The van der Waals surface area contributed by atoms with Gasteiger partial charge in [0.15, 0.2) is 5.84 Å². The molecule has 2 heterocycles. The second kappa shape index (κ2) is 6.71. The lowest BCUT2D eigenvalue weighted by Gasteiger charge is -2.22. The number of aromatic carboxylic acids is 1. The van der Waals surface area contributed by atoms with Crippen LogP contribution in [0.1, 0.15) is 40.9 Å². The molecule has 0 radical (unpaired) electrons.